The third kappa shape index (κ3) is 2.82. The molecule has 156 valence electrons. The van der Waals surface area contributed by atoms with Crippen molar-refractivity contribution in [2.45, 2.75) is 24.9 Å². The number of hydrogen-bond donors (Lipinski definition) is 1. The standard InChI is InChI=1S/C25H26N6/c1-4-17-12-28-30-8-7-18(10-24(17)30)23-13-27-25-22(23)9-19(11-26-25)16(2)31-20-5-6-21(31)15-29(3)14-20/h4,7-13,20-21H,1-2,5-6,14-15H2,3H3,(H,26,27). The zero-order valence-electron chi connectivity index (χ0n) is 17.8. The number of H-pyrrole nitrogens is 1. The summed E-state index contributed by atoms with van der Waals surface area (Å²) in [6.07, 6.45) is 12.2. The molecule has 6 nitrogen and oxygen atoms in total. The van der Waals surface area contributed by atoms with Gasteiger partial charge in [-0.2, -0.15) is 5.10 Å². The zero-order valence-corrected chi connectivity index (χ0v) is 17.8. The average Bonchev–Trinajstić information content (AvgIpc) is 3.46. The van der Waals surface area contributed by atoms with E-state index in [1.54, 1.807) is 0 Å². The summed E-state index contributed by atoms with van der Waals surface area (Å²) in [6.45, 7) is 10.6. The van der Waals surface area contributed by atoms with Crippen LogP contribution in [-0.2, 0) is 0 Å². The predicted molar refractivity (Wildman–Crippen MR) is 126 cm³/mol. The topological polar surface area (TPSA) is 52.5 Å². The minimum Gasteiger partial charge on any atom is -0.363 e. The van der Waals surface area contributed by atoms with E-state index in [2.05, 4.69) is 58.3 Å². The summed E-state index contributed by atoms with van der Waals surface area (Å²) in [7, 11) is 2.22. The Labute approximate surface area is 181 Å². The highest BCUT2D eigenvalue weighted by Crippen LogP contribution is 2.37. The smallest absolute Gasteiger partial charge is 0.137 e. The summed E-state index contributed by atoms with van der Waals surface area (Å²) in [4.78, 5) is 13.1. The molecule has 4 aromatic heterocycles. The molecular formula is C25H26N6. The molecule has 2 fully saturated rings. The quantitative estimate of drug-likeness (QED) is 0.546. The Hall–Kier alpha value is -3.38. The second-order valence-electron chi connectivity index (χ2n) is 8.83. The van der Waals surface area contributed by atoms with E-state index in [4.69, 9.17) is 4.98 Å². The van der Waals surface area contributed by atoms with Crippen LogP contribution >= 0.6 is 0 Å². The maximum absolute atomic E-state index is 4.73. The van der Waals surface area contributed by atoms with Crippen molar-refractivity contribution >= 4 is 28.3 Å². The van der Waals surface area contributed by atoms with Crippen LogP contribution in [0.3, 0.4) is 0 Å². The van der Waals surface area contributed by atoms with Crippen LogP contribution in [0.2, 0.25) is 0 Å². The van der Waals surface area contributed by atoms with Gasteiger partial charge < -0.3 is 14.8 Å². The number of nitrogens with zero attached hydrogens (tertiary/aromatic N) is 5. The number of likely N-dealkylation sites (tertiary alicyclic amines) is 1. The molecule has 0 saturated carbocycles. The lowest BCUT2D eigenvalue weighted by Gasteiger charge is -2.42. The van der Waals surface area contributed by atoms with E-state index < -0.39 is 0 Å². The Balaban J connectivity index is 1.41. The first-order valence-electron chi connectivity index (χ1n) is 10.9. The minimum atomic E-state index is 0.555. The van der Waals surface area contributed by atoms with Gasteiger partial charge in [0.25, 0.3) is 0 Å². The van der Waals surface area contributed by atoms with Crippen molar-refractivity contribution in [3.63, 3.8) is 0 Å². The highest BCUT2D eigenvalue weighted by Gasteiger charge is 2.39. The van der Waals surface area contributed by atoms with Gasteiger partial charge in [-0.25, -0.2) is 9.50 Å². The molecule has 6 heterocycles. The Morgan fingerprint density at radius 3 is 2.77 bits per heavy atom. The predicted octanol–water partition coefficient (Wildman–Crippen LogP) is 4.27. The fourth-order valence-electron chi connectivity index (χ4n) is 5.43. The third-order valence-electron chi connectivity index (χ3n) is 6.92. The molecule has 2 atom stereocenters. The first-order chi connectivity index (χ1) is 15.1. The first kappa shape index (κ1) is 18.4. The van der Waals surface area contributed by atoms with Gasteiger partial charge in [0.05, 0.1) is 11.7 Å². The van der Waals surface area contributed by atoms with Crippen molar-refractivity contribution in [2.24, 2.45) is 0 Å². The number of aromatic nitrogens is 4. The highest BCUT2D eigenvalue weighted by atomic mass is 15.3. The maximum atomic E-state index is 4.73. The molecule has 2 aliphatic rings. The van der Waals surface area contributed by atoms with Crippen molar-refractivity contribution < 1.29 is 0 Å². The number of hydrogen-bond acceptors (Lipinski definition) is 4. The Morgan fingerprint density at radius 2 is 2.00 bits per heavy atom. The van der Waals surface area contributed by atoms with Gasteiger partial charge in [0.2, 0.25) is 0 Å². The van der Waals surface area contributed by atoms with Crippen molar-refractivity contribution in [1.29, 1.82) is 0 Å². The molecule has 0 aliphatic carbocycles. The molecule has 31 heavy (non-hydrogen) atoms. The normalized spacial score (nSPS) is 21.3. The number of pyridine rings is 2. The molecule has 0 amide bonds. The van der Waals surface area contributed by atoms with Crippen LogP contribution in [-0.4, -0.2) is 61.6 Å². The van der Waals surface area contributed by atoms with Crippen LogP contribution in [0.5, 0.6) is 0 Å². The lowest BCUT2D eigenvalue weighted by Crippen LogP contribution is -2.51. The monoisotopic (exact) mass is 410 g/mol. The minimum absolute atomic E-state index is 0.555. The molecule has 2 saturated heterocycles. The van der Waals surface area contributed by atoms with Crippen LogP contribution in [0.25, 0.3) is 39.5 Å². The Bertz CT molecular complexity index is 1310. The molecule has 0 spiro atoms. The molecular weight excluding hydrogens is 384 g/mol. The third-order valence-corrected chi connectivity index (χ3v) is 6.92. The lowest BCUT2D eigenvalue weighted by atomic mass is 10.0. The molecule has 2 bridgehead atoms. The summed E-state index contributed by atoms with van der Waals surface area (Å²) < 4.78 is 1.88. The lowest BCUT2D eigenvalue weighted by molar-refractivity contribution is 0.136. The fourth-order valence-corrected chi connectivity index (χ4v) is 5.43. The largest absolute Gasteiger partial charge is 0.363 e. The number of nitrogens with one attached hydrogen (secondary N) is 1. The number of piperazine rings is 1. The molecule has 0 radical (unpaired) electrons. The number of fused-ring (bicyclic) bond motifs is 4. The van der Waals surface area contributed by atoms with E-state index >= 15 is 0 Å². The Morgan fingerprint density at radius 1 is 1.19 bits per heavy atom. The van der Waals surface area contributed by atoms with Crippen LogP contribution in [0, 0.1) is 0 Å². The number of rotatable bonds is 4. The first-order valence-corrected chi connectivity index (χ1v) is 10.9. The van der Waals surface area contributed by atoms with Crippen LogP contribution in [0.15, 0.2) is 56.1 Å². The van der Waals surface area contributed by atoms with E-state index in [0.29, 0.717) is 12.1 Å². The van der Waals surface area contributed by atoms with Crippen LogP contribution < -0.4 is 0 Å². The van der Waals surface area contributed by atoms with Crippen molar-refractivity contribution in [3.05, 3.63) is 67.3 Å². The van der Waals surface area contributed by atoms with Crippen LogP contribution in [0.1, 0.15) is 24.0 Å². The van der Waals surface area contributed by atoms with Gasteiger partial charge in [0.1, 0.15) is 5.65 Å². The van der Waals surface area contributed by atoms with Gasteiger partial charge in [-0.3, -0.25) is 0 Å². The van der Waals surface area contributed by atoms with Crippen molar-refractivity contribution in [1.82, 2.24) is 29.4 Å². The fraction of sp³-hybridized carbons (Fsp3) is 0.280. The molecule has 4 aromatic rings. The van der Waals surface area contributed by atoms with Gasteiger partial charge in [-0.05, 0) is 43.7 Å². The van der Waals surface area contributed by atoms with E-state index in [0.717, 1.165) is 57.6 Å². The molecule has 0 aromatic carbocycles. The Kier molecular flexibility index (Phi) is 4.05. The molecule has 1 N–H and O–H groups in total. The van der Waals surface area contributed by atoms with Gasteiger partial charge in [0, 0.05) is 71.5 Å². The van der Waals surface area contributed by atoms with E-state index in [9.17, 15) is 0 Å². The summed E-state index contributed by atoms with van der Waals surface area (Å²) in [6, 6.07) is 7.61. The van der Waals surface area contributed by atoms with Crippen molar-refractivity contribution in [3.8, 4) is 11.1 Å². The second-order valence-corrected chi connectivity index (χ2v) is 8.83. The van der Waals surface area contributed by atoms with E-state index in [-0.39, 0.29) is 0 Å². The average molecular weight is 411 g/mol. The van der Waals surface area contributed by atoms with Crippen LogP contribution in [0.4, 0.5) is 0 Å². The summed E-state index contributed by atoms with van der Waals surface area (Å²) in [5, 5.41) is 5.51. The van der Waals surface area contributed by atoms with E-state index in [1.165, 1.54) is 12.8 Å². The van der Waals surface area contributed by atoms with Crippen molar-refractivity contribution in [2.75, 3.05) is 20.1 Å². The SMILES string of the molecule is C=Cc1cnn2ccc(-c3c[nH]c4ncc(C(=C)N5C6CCC5CN(C)C6)cc34)cc12. The van der Waals surface area contributed by atoms with Gasteiger partial charge in [-0.1, -0.05) is 19.2 Å². The second kappa shape index (κ2) is 6.82. The highest BCUT2D eigenvalue weighted by molar-refractivity contribution is 5.96. The number of likely N-dealkylation sites (N-methyl/N-ethyl adjacent to an activating group) is 1. The molecule has 6 rings (SSSR count). The number of aromatic amines is 1. The molecule has 2 unspecified atom stereocenters. The summed E-state index contributed by atoms with van der Waals surface area (Å²) >= 11 is 0. The van der Waals surface area contributed by atoms with Gasteiger partial charge >= 0.3 is 0 Å². The zero-order chi connectivity index (χ0) is 21.1. The molecule has 6 heteroatoms. The maximum Gasteiger partial charge on any atom is 0.137 e. The summed E-state index contributed by atoms with van der Waals surface area (Å²) in [5.41, 5.74) is 7.44. The summed E-state index contributed by atoms with van der Waals surface area (Å²) in [5.74, 6) is 0. The molecule has 2 aliphatic heterocycles. The van der Waals surface area contributed by atoms with Gasteiger partial charge in [0.15, 0.2) is 0 Å². The van der Waals surface area contributed by atoms with Gasteiger partial charge in [-0.15, -0.1) is 0 Å². The van der Waals surface area contributed by atoms with E-state index in [1.807, 2.05) is 35.4 Å².